The topological polar surface area (TPSA) is 75.1 Å². The van der Waals surface area contributed by atoms with E-state index in [1.54, 1.807) is 30.6 Å². The van der Waals surface area contributed by atoms with E-state index in [0.29, 0.717) is 10.8 Å². The van der Waals surface area contributed by atoms with E-state index in [0.717, 1.165) is 15.9 Å². The third kappa shape index (κ3) is 2.62. The van der Waals surface area contributed by atoms with Crippen molar-refractivity contribution < 1.29 is 9.90 Å². The number of anilines is 2. The van der Waals surface area contributed by atoms with Crippen molar-refractivity contribution in [1.82, 2.24) is 9.97 Å². The maximum absolute atomic E-state index is 11.2. The molecule has 3 rings (SSSR count). The Morgan fingerprint density at radius 1 is 1.33 bits per heavy atom. The van der Waals surface area contributed by atoms with E-state index in [9.17, 15) is 9.90 Å². The number of nitrogens with one attached hydrogen (secondary N) is 1. The van der Waals surface area contributed by atoms with E-state index in [4.69, 9.17) is 0 Å². The predicted octanol–water partition coefficient (Wildman–Crippen LogP) is 3.86. The molecule has 0 aliphatic rings. The molecule has 0 aliphatic heterocycles. The Morgan fingerprint density at radius 2 is 2.14 bits per heavy atom. The molecule has 0 spiro atoms. The first-order valence-corrected chi connectivity index (χ1v) is 8.02. The maximum atomic E-state index is 11.2. The molecule has 21 heavy (non-hydrogen) atoms. The Kier molecular flexibility index (Phi) is 3.38. The molecule has 0 aliphatic carbocycles. The molecule has 5 nitrogen and oxygen atoms in total. The molecule has 0 bridgehead atoms. The second-order valence-corrected chi connectivity index (χ2v) is 6.87. The van der Waals surface area contributed by atoms with Crippen molar-refractivity contribution >= 4 is 49.7 Å². The number of aliphatic carboxylic acids is 1. The highest BCUT2D eigenvalue weighted by Crippen LogP contribution is 2.30. The lowest BCUT2D eigenvalue weighted by atomic mass is 9.90. The molecule has 7 heteroatoms. The van der Waals surface area contributed by atoms with Gasteiger partial charge in [0.15, 0.2) is 5.13 Å². The maximum Gasteiger partial charge on any atom is 0.315 e. The van der Waals surface area contributed by atoms with Gasteiger partial charge in [-0.05, 0) is 32.0 Å². The van der Waals surface area contributed by atoms with Gasteiger partial charge in [0.1, 0.15) is 5.41 Å². The summed E-state index contributed by atoms with van der Waals surface area (Å²) >= 11 is 2.98. The first-order valence-electron chi connectivity index (χ1n) is 6.26. The first-order chi connectivity index (χ1) is 9.96. The van der Waals surface area contributed by atoms with Crippen LogP contribution in [0.1, 0.15) is 19.5 Å². The molecule has 0 unspecified atom stereocenters. The van der Waals surface area contributed by atoms with Crippen LogP contribution in [0, 0.1) is 0 Å². The summed E-state index contributed by atoms with van der Waals surface area (Å²) in [5, 5.41) is 14.9. The van der Waals surface area contributed by atoms with Gasteiger partial charge in [0, 0.05) is 11.1 Å². The standard InChI is InChI=1S/C14H13N3O2S2/c1-14(2,12(18)19)11-6-20-13(17-11)16-8-3-4-9-10(5-8)21-7-15-9/h3-7H,1-2H3,(H,16,17)(H,18,19). The minimum absolute atomic E-state index is 0.557. The summed E-state index contributed by atoms with van der Waals surface area (Å²) in [5.74, 6) is -0.884. The van der Waals surface area contributed by atoms with Crippen molar-refractivity contribution in [2.24, 2.45) is 0 Å². The number of benzene rings is 1. The van der Waals surface area contributed by atoms with Gasteiger partial charge in [-0.1, -0.05) is 0 Å². The summed E-state index contributed by atoms with van der Waals surface area (Å²) in [6, 6.07) is 5.89. The molecule has 0 saturated heterocycles. The molecule has 0 fully saturated rings. The van der Waals surface area contributed by atoms with Gasteiger partial charge in [-0.3, -0.25) is 4.79 Å². The zero-order chi connectivity index (χ0) is 15.0. The van der Waals surface area contributed by atoms with Crippen LogP contribution >= 0.6 is 22.7 Å². The smallest absolute Gasteiger partial charge is 0.315 e. The third-order valence-corrected chi connectivity index (χ3v) is 4.81. The summed E-state index contributed by atoms with van der Waals surface area (Å²) in [6.45, 7) is 3.30. The molecule has 2 heterocycles. The Labute approximate surface area is 129 Å². The third-order valence-electron chi connectivity index (χ3n) is 3.26. The highest BCUT2D eigenvalue weighted by atomic mass is 32.1. The molecule has 0 amide bonds. The van der Waals surface area contributed by atoms with Gasteiger partial charge >= 0.3 is 5.97 Å². The fourth-order valence-electron chi connectivity index (χ4n) is 1.78. The number of fused-ring (bicyclic) bond motifs is 1. The summed E-state index contributed by atoms with van der Waals surface area (Å²) in [6.07, 6.45) is 0. The predicted molar refractivity (Wildman–Crippen MR) is 85.7 cm³/mol. The lowest BCUT2D eigenvalue weighted by Crippen LogP contribution is -2.28. The fourth-order valence-corrected chi connectivity index (χ4v) is 3.40. The van der Waals surface area contributed by atoms with Gasteiger partial charge in [0.2, 0.25) is 0 Å². The van der Waals surface area contributed by atoms with Crippen molar-refractivity contribution in [3.63, 3.8) is 0 Å². The monoisotopic (exact) mass is 319 g/mol. The highest BCUT2D eigenvalue weighted by Gasteiger charge is 2.32. The van der Waals surface area contributed by atoms with E-state index in [2.05, 4.69) is 15.3 Å². The molecule has 3 aromatic rings. The normalized spacial score (nSPS) is 11.7. The minimum Gasteiger partial charge on any atom is -0.481 e. The number of hydrogen-bond donors (Lipinski definition) is 2. The van der Waals surface area contributed by atoms with Crippen LogP contribution in [-0.2, 0) is 10.2 Å². The Balaban J connectivity index is 1.85. The molecular formula is C14H13N3O2S2. The lowest BCUT2D eigenvalue weighted by molar-refractivity contribution is -0.142. The molecule has 0 saturated carbocycles. The lowest BCUT2D eigenvalue weighted by Gasteiger charge is -2.15. The summed E-state index contributed by atoms with van der Waals surface area (Å²) < 4.78 is 1.10. The van der Waals surface area contributed by atoms with Crippen molar-refractivity contribution in [3.05, 3.63) is 34.8 Å². The van der Waals surface area contributed by atoms with Gasteiger partial charge in [-0.2, -0.15) is 0 Å². The zero-order valence-electron chi connectivity index (χ0n) is 11.5. The van der Waals surface area contributed by atoms with Crippen LogP contribution in [-0.4, -0.2) is 21.0 Å². The van der Waals surface area contributed by atoms with Crippen molar-refractivity contribution in [1.29, 1.82) is 0 Å². The van der Waals surface area contributed by atoms with Crippen LogP contribution in [0.25, 0.3) is 10.2 Å². The molecule has 1 aromatic carbocycles. The van der Waals surface area contributed by atoms with E-state index >= 15 is 0 Å². The Hall–Kier alpha value is -1.99. The molecule has 2 N–H and O–H groups in total. The van der Waals surface area contributed by atoms with E-state index in [1.807, 2.05) is 23.7 Å². The van der Waals surface area contributed by atoms with Gasteiger partial charge in [-0.15, -0.1) is 22.7 Å². The molecule has 2 aromatic heterocycles. The second kappa shape index (κ2) is 5.09. The fraction of sp³-hybridized carbons (Fsp3) is 0.214. The number of carboxylic acid groups (broad SMARTS) is 1. The van der Waals surface area contributed by atoms with Gasteiger partial charge < -0.3 is 10.4 Å². The SMILES string of the molecule is CC(C)(C(=O)O)c1csc(Nc2ccc3ncsc3c2)n1. The van der Waals surface area contributed by atoms with Gasteiger partial charge in [0.25, 0.3) is 0 Å². The number of hydrogen-bond acceptors (Lipinski definition) is 6. The van der Waals surface area contributed by atoms with Gasteiger partial charge in [0.05, 0.1) is 21.4 Å². The van der Waals surface area contributed by atoms with Crippen molar-refractivity contribution in [2.75, 3.05) is 5.32 Å². The Bertz CT molecular complexity index is 807. The van der Waals surface area contributed by atoms with Crippen LogP contribution in [0.3, 0.4) is 0 Å². The van der Waals surface area contributed by atoms with Crippen LogP contribution in [0.2, 0.25) is 0 Å². The van der Waals surface area contributed by atoms with Crippen LogP contribution in [0.4, 0.5) is 10.8 Å². The Morgan fingerprint density at radius 3 is 2.90 bits per heavy atom. The summed E-state index contributed by atoms with van der Waals surface area (Å²) in [4.78, 5) is 19.9. The van der Waals surface area contributed by atoms with Crippen LogP contribution in [0.5, 0.6) is 0 Å². The molecule has 0 radical (unpaired) electrons. The molecule has 0 atom stereocenters. The molecular weight excluding hydrogens is 306 g/mol. The largest absolute Gasteiger partial charge is 0.481 e. The van der Waals surface area contributed by atoms with E-state index in [1.165, 1.54) is 11.3 Å². The summed E-state index contributed by atoms with van der Waals surface area (Å²) in [5.41, 5.74) is 3.27. The second-order valence-electron chi connectivity index (χ2n) is 5.13. The average Bonchev–Trinajstić information content (AvgIpc) is 3.06. The number of carboxylic acids is 1. The van der Waals surface area contributed by atoms with Crippen molar-refractivity contribution in [3.8, 4) is 0 Å². The molecule has 108 valence electrons. The number of rotatable bonds is 4. The zero-order valence-corrected chi connectivity index (χ0v) is 13.1. The average molecular weight is 319 g/mol. The quantitative estimate of drug-likeness (QED) is 0.764. The van der Waals surface area contributed by atoms with Crippen LogP contribution < -0.4 is 5.32 Å². The van der Waals surface area contributed by atoms with E-state index in [-0.39, 0.29) is 0 Å². The number of carbonyl (C=O) groups is 1. The summed E-state index contributed by atoms with van der Waals surface area (Å²) in [7, 11) is 0. The number of nitrogens with zero attached hydrogens (tertiary/aromatic N) is 2. The van der Waals surface area contributed by atoms with Gasteiger partial charge in [-0.25, -0.2) is 9.97 Å². The first kappa shape index (κ1) is 14.0. The van der Waals surface area contributed by atoms with E-state index < -0.39 is 11.4 Å². The number of thiazole rings is 2. The minimum atomic E-state index is -0.988. The highest BCUT2D eigenvalue weighted by molar-refractivity contribution is 7.16. The van der Waals surface area contributed by atoms with Crippen LogP contribution in [0.15, 0.2) is 29.1 Å². The van der Waals surface area contributed by atoms with Crippen molar-refractivity contribution in [2.45, 2.75) is 19.3 Å². The number of aromatic nitrogens is 2.